The topological polar surface area (TPSA) is 68.2 Å². The highest BCUT2D eigenvalue weighted by Crippen LogP contribution is 2.35. The Morgan fingerprint density at radius 3 is 2.65 bits per heavy atom. The summed E-state index contributed by atoms with van der Waals surface area (Å²) in [5, 5.41) is 20.5. The van der Waals surface area contributed by atoms with Crippen molar-refractivity contribution in [2.24, 2.45) is 0 Å². The Hall–Kier alpha value is -1.56. The summed E-state index contributed by atoms with van der Waals surface area (Å²) in [6.45, 7) is 5.78. The summed E-state index contributed by atoms with van der Waals surface area (Å²) >= 11 is 0. The van der Waals surface area contributed by atoms with E-state index in [1.54, 1.807) is 13.8 Å². The number of ether oxygens (including phenoxy) is 3. The first-order chi connectivity index (χ1) is 10.9. The minimum atomic E-state index is -1.21. The lowest BCUT2D eigenvalue weighted by Crippen LogP contribution is -2.32. The standard InChI is InChI=1S/C18H26O5/c1-4-5-11-14(19)15-16(23-18(2,3)22-15)17(20)21-12-13-9-7-6-8-10-13/h6-10,16-17,19-20H,4-5,11-12H2,1-3H3/b15-14+. The van der Waals surface area contributed by atoms with Crippen molar-refractivity contribution in [1.29, 1.82) is 0 Å². The van der Waals surface area contributed by atoms with Gasteiger partial charge in [0, 0.05) is 20.3 Å². The molecule has 0 aromatic heterocycles. The normalized spacial score (nSPS) is 23.4. The fraction of sp³-hybridized carbons (Fsp3) is 0.556. The van der Waals surface area contributed by atoms with Crippen LogP contribution >= 0.6 is 0 Å². The van der Waals surface area contributed by atoms with Crippen LogP contribution in [0.3, 0.4) is 0 Å². The Morgan fingerprint density at radius 1 is 1.30 bits per heavy atom. The molecule has 0 radical (unpaired) electrons. The molecular weight excluding hydrogens is 296 g/mol. The number of unbranched alkanes of at least 4 members (excludes halogenated alkanes) is 1. The molecule has 0 saturated carbocycles. The highest BCUT2D eigenvalue weighted by Gasteiger charge is 2.44. The number of benzene rings is 1. The van der Waals surface area contributed by atoms with Crippen molar-refractivity contribution in [2.75, 3.05) is 0 Å². The van der Waals surface area contributed by atoms with Gasteiger partial charge in [-0.3, -0.25) is 0 Å². The van der Waals surface area contributed by atoms with Crippen molar-refractivity contribution in [2.45, 2.75) is 64.8 Å². The van der Waals surface area contributed by atoms with Crippen LogP contribution in [0.1, 0.15) is 45.6 Å². The summed E-state index contributed by atoms with van der Waals surface area (Å²) in [5.74, 6) is -0.522. The molecular formula is C18H26O5. The lowest BCUT2D eigenvalue weighted by atomic mass is 10.1. The number of hydrogen-bond donors (Lipinski definition) is 2. The highest BCUT2D eigenvalue weighted by molar-refractivity contribution is 5.14. The summed E-state index contributed by atoms with van der Waals surface area (Å²) < 4.78 is 16.9. The molecule has 1 aromatic carbocycles. The second kappa shape index (κ2) is 7.81. The van der Waals surface area contributed by atoms with Gasteiger partial charge in [-0.25, -0.2) is 0 Å². The zero-order valence-electron chi connectivity index (χ0n) is 14.0. The molecule has 1 saturated heterocycles. The van der Waals surface area contributed by atoms with E-state index in [0.29, 0.717) is 6.42 Å². The summed E-state index contributed by atoms with van der Waals surface area (Å²) in [5.41, 5.74) is 0.950. The van der Waals surface area contributed by atoms with E-state index in [1.165, 1.54) is 0 Å². The fourth-order valence-electron chi connectivity index (χ4n) is 2.43. The number of allylic oxidation sites excluding steroid dienone is 1. The molecule has 128 valence electrons. The van der Waals surface area contributed by atoms with Crippen molar-refractivity contribution in [3.63, 3.8) is 0 Å². The third-order valence-electron chi connectivity index (χ3n) is 3.60. The number of aliphatic hydroxyl groups excluding tert-OH is 2. The molecule has 1 aliphatic rings. The first kappa shape index (κ1) is 17.8. The van der Waals surface area contributed by atoms with Crippen LogP contribution < -0.4 is 0 Å². The largest absolute Gasteiger partial charge is 0.509 e. The monoisotopic (exact) mass is 322 g/mol. The van der Waals surface area contributed by atoms with Gasteiger partial charge in [-0.15, -0.1) is 0 Å². The van der Waals surface area contributed by atoms with Crippen LogP contribution in [-0.4, -0.2) is 28.4 Å². The molecule has 2 unspecified atom stereocenters. The third-order valence-corrected chi connectivity index (χ3v) is 3.60. The first-order valence-corrected chi connectivity index (χ1v) is 8.05. The van der Waals surface area contributed by atoms with E-state index in [2.05, 4.69) is 0 Å². The maximum atomic E-state index is 10.3. The van der Waals surface area contributed by atoms with Crippen molar-refractivity contribution < 1.29 is 24.4 Å². The smallest absolute Gasteiger partial charge is 0.205 e. The van der Waals surface area contributed by atoms with Gasteiger partial charge >= 0.3 is 0 Å². The molecule has 1 aliphatic heterocycles. The zero-order chi connectivity index (χ0) is 16.9. The van der Waals surface area contributed by atoms with Gasteiger partial charge in [0.05, 0.1) is 6.61 Å². The molecule has 2 N–H and O–H groups in total. The summed E-state index contributed by atoms with van der Waals surface area (Å²) in [7, 11) is 0. The van der Waals surface area contributed by atoms with E-state index in [4.69, 9.17) is 14.2 Å². The maximum absolute atomic E-state index is 10.3. The maximum Gasteiger partial charge on any atom is 0.205 e. The molecule has 1 fully saturated rings. The van der Waals surface area contributed by atoms with E-state index < -0.39 is 18.2 Å². The number of hydrogen-bond acceptors (Lipinski definition) is 5. The number of aliphatic hydroxyl groups is 2. The summed E-state index contributed by atoms with van der Waals surface area (Å²) in [4.78, 5) is 0. The van der Waals surface area contributed by atoms with E-state index in [-0.39, 0.29) is 18.1 Å². The van der Waals surface area contributed by atoms with Crippen LogP contribution in [0.25, 0.3) is 0 Å². The lowest BCUT2D eigenvalue weighted by Gasteiger charge is -2.19. The van der Waals surface area contributed by atoms with Gasteiger partial charge in [-0.1, -0.05) is 43.7 Å². The predicted octanol–water partition coefficient (Wildman–Crippen LogP) is 3.63. The lowest BCUT2D eigenvalue weighted by molar-refractivity contribution is -0.204. The van der Waals surface area contributed by atoms with Crippen LogP contribution in [0.2, 0.25) is 0 Å². The summed E-state index contributed by atoms with van der Waals surface area (Å²) in [6, 6.07) is 9.57. The van der Waals surface area contributed by atoms with E-state index in [9.17, 15) is 10.2 Å². The minimum absolute atomic E-state index is 0.116. The van der Waals surface area contributed by atoms with Crippen LogP contribution in [0.4, 0.5) is 0 Å². The van der Waals surface area contributed by atoms with Crippen molar-refractivity contribution >= 4 is 0 Å². The Bertz CT molecular complexity index is 523. The zero-order valence-corrected chi connectivity index (χ0v) is 14.0. The second-order valence-electron chi connectivity index (χ2n) is 6.14. The molecule has 23 heavy (non-hydrogen) atoms. The average Bonchev–Trinajstić information content (AvgIpc) is 2.87. The Balaban J connectivity index is 2.04. The SMILES string of the molecule is CCCC/C(O)=C1\OC(C)(C)OC1C(O)OCc1ccccc1. The van der Waals surface area contributed by atoms with Gasteiger partial charge in [0.15, 0.2) is 18.2 Å². The van der Waals surface area contributed by atoms with Crippen LogP contribution in [0, 0.1) is 0 Å². The van der Waals surface area contributed by atoms with E-state index in [1.807, 2.05) is 37.3 Å². The number of rotatable bonds is 7. The minimum Gasteiger partial charge on any atom is -0.509 e. The van der Waals surface area contributed by atoms with Gasteiger partial charge in [-0.2, -0.15) is 0 Å². The second-order valence-corrected chi connectivity index (χ2v) is 6.14. The molecule has 1 heterocycles. The summed E-state index contributed by atoms with van der Waals surface area (Å²) in [6.07, 6.45) is 0.251. The fourth-order valence-corrected chi connectivity index (χ4v) is 2.43. The molecule has 5 nitrogen and oxygen atoms in total. The van der Waals surface area contributed by atoms with E-state index in [0.717, 1.165) is 18.4 Å². The van der Waals surface area contributed by atoms with E-state index >= 15 is 0 Å². The Labute approximate surface area is 137 Å². The molecule has 2 atom stereocenters. The molecule has 0 spiro atoms. The van der Waals surface area contributed by atoms with Gasteiger partial charge in [0.2, 0.25) is 5.79 Å². The molecule has 0 bridgehead atoms. The third kappa shape index (κ3) is 4.96. The quantitative estimate of drug-likeness (QED) is 0.592. The Kier molecular flexibility index (Phi) is 6.04. The van der Waals surface area contributed by atoms with Crippen LogP contribution in [0.15, 0.2) is 41.9 Å². The molecule has 1 aromatic rings. The predicted molar refractivity (Wildman–Crippen MR) is 86.5 cm³/mol. The molecule has 0 aliphatic carbocycles. The average molecular weight is 322 g/mol. The highest BCUT2D eigenvalue weighted by atomic mass is 16.8. The molecule has 5 heteroatoms. The van der Waals surface area contributed by atoms with Crippen molar-refractivity contribution in [3.8, 4) is 0 Å². The van der Waals surface area contributed by atoms with Gasteiger partial charge in [0.25, 0.3) is 0 Å². The van der Waals surface area contributed by atoms with Crippen LogP contribution in [0.5, 0.6) is 0 Å². The Morgan fingerprint density at radius 2 is 2.00 bits per heavy atom. The van der Waals surface area contributed by atoms with Gasteiger partial charge in [-0.05, 0) is 12.0 Å². The van der Waals surface area contributed by atoms with Crippen molar-refractivity contribution in [1.82, 2.24) is 0 Å². The van der Waals surface area contributed by atoms with Crippen molar-refractivity contribution in [3.05, 3.63) is 47.4 Å². The van der Waals surface area contributed by atoms with Gasteiger partial charge in [0.1, 0.15) is 5.76 Å². The molecule has 2 rings (SSSR count). The van der Waals surface area contributed by atoms with Gasteiger partial charge < -0.3 is 24.4 Å². The first-order valence-electron chi connectivity index (χ1n) is 8.05. The van der Waals surface area contributed by atoms with Crippen LogP contribution in [-0.2, 0) is 20.8 Å². The molecule has 0 amide bonds.